The highest BCUT2D eigenvalue weighted by Gasteiger charge is 2.15. The Labute approximate surface area is 135 Å². The Kier molecular flexibility index (Phi) is 7.06. The van der Waals surface area contributed by atoms with Crippen LogP contribution in [0.25, 0.3) is 0 Å². The number of hydrogen-bond donors (Lipinski definition) is 0. The average Bonchev–Trinajstić information content (AvgIpc) is 2.34. The van der Waals surface area contributed by atoms with Crippen molar-refractivity contribution in [3.63, 3.8) is 0 Å². The Morgan fingerprint density at radius 1 is 1.20 bits per heavy atom. The standard InChI is InChI=1S/C15H24BrN3S/c1-11(2)19(12(3)4)20-18(6)10-17-15-8-7-14(16)9-13(15)5/h7-12H,1-6H3. The molecular weight excluding hydrogens is 334 g/mol. The number of benzene rings is 1. The highest BCUT2D eigenvalue weighted by atomic mass is 79.9. The van der Waals surface area contributed by atoms with Crippen molar-refractivity contribution in [2.24, 2.45) is 4.99 Å². The fourth-order valence-corrected chi connectivity index (χ4v) is 3.10. The summed E-state index contributed by atoms with van der Waals surface area (Å²) in [7, 11) is 2.03. The molecule has 0 amide bonds. The molecule has 1 aromatic carbocycles. The Morgan fingerprint density at radius 3 is 2.30 bits per heavy atom. The van der Waals surface area contributed by atoms with Gasteiger partial charge in [0, 0.05) is 35.7 Å². The van der Waals surface area contributed by atoms with E-state index in [1.165, 1.54) is 5.56 Å². The van der Waals surface area contributed by atoms with Gasteiger partial charge in [0.05, 0.1) is 5.69 Å². The molecule has 0 aliphatic heterocycles. The zero-order valence-corrected chi connectivity index (χ0v) is 15.5. The van der Waals surface area contributed by atoms with Gasteiger partial charge in [-0.1, -0.05) is 15.9 Å². The van der Waals surface area contributed by atoms with Gasteiger partial charge in [-0.05, 0) is 58.4 Å². The summed E-state index contributed by atoms with van der Waals surface area (Å²) in [4.78, 5) is 4.55. The third kappa shape index (κ3) is 5.46. The lowest BCUT2D eigenvalue weighted by atomic mass is 10.2. The van der Waals surface area contributed by atoms with Crippen LogP contribution in [0.4, 0.5) is 5.69 Å². The summed E-state index contributed by atoms with van der Waals surface area (Å²) in [5, 5.41) is 0. The number of aryl methyl sites for hydroxylation is 1. The lowest BCUT2D eigenvalue weighted by Crippen LogP contribution is -2.33. The Bertz CT molecular complexity index is 452. The highest BCUT2D eigenvalue weighted by molar-refractivity contribution is 9.10. The first kappa shape index (κ1) is 17.5. The molecule has 0 unspecified atom stereocenters. The van der Waals surface area contributed by atoms with Crippen LogP contribution in [0.15, 0.2) is 27.7 Å². The molecule has 0 aliphatic carbocycles. The van der Waals surface area contributed by atoms with Gasteiger partial charge in [-0.15, -0.1) is 0 Å². The quantitative estimate of drug-likeness (QED) is 0.404. The van der Waals surface area contributed by atoms with Gasteiger partial charge in [-0.3, -0.25) is 4.31 Å². The number of nitrogens with zero attached hydrogens (tertiary/aromatic N) is 3. The van der Waals surface area contributed by atoms with E-state index in [0.29, 0.717) is 12.1 Å². The monoisotopic (exact) mass is 357 g/mol. The normalized spacial score (nSPS) is 12.1. The molecule has 5 heteroatoms. The van der Waals surface area contributed by atoms with E-state index in [4.69, 9.17) is 0 Å². The molecule has 1 aromatic rings. The summed E-state index contributed by atoms with van der Waals surface area (Å²) >= 11 is 5.17. The van der Waals surface area contributed by atoms with E-state index < -0.39 is 0 Å². The molecule has 20 heavy (non-hydrogen) atoms. The predicted molar refractivity (Wildman–Crippen MR) is 94.5 cm³/mol. The van der Waals surface area contributed by atoms with Crippen molar-refractivity contribution in [2.45, 2.75) is 46.7 Å². The van der Waals surface area contributed by atoms with Crippen LogP contribution in [-0.2, 0) is 0 Å². The van der Waals surface area contributed by atoms with Gasteiger partial charge >= 0.3 is 0 Å². The van der Waals surface area contributed by atoms with Gasteiger partial charge in [-0.25, -0.2) is 9.30 Å². The van der Waals surface area contributed by atoms with E-state index >= 15 is 0 Å². The van der Waals surface area contributed by atoms with Gasteiger partial charge in [0.2, 0.25) is 0 Å². The van der Waals surface area contributed by atoms with E-state index in [1.54, 1.807) is 12.1 Å². The van der Waals surface area contributed by atoms with Crippen LogP contribution in [-0.4, -0.2) is 34.1 Å². The molecule has 0 N–H and O–H groups in total. The maximum absolute atomic E-state index is 4.55. The maximum atomic E-state index is 4.55. The van der Waals surface area contributed by atoms with Crippen LogP contribution in [0, 0.1) is 6.92 Å². The topological polar surface area (TPSA) is 18.8 Å². The van der Waals surface area contributed by atoms with Gasteiger partial charge in [-0.2, -0.15) is 0 Å². The highest BCUT2D eigenvalue weighted by Crippen LogP contribution is 2.24. The van der Waals surface area contributed by atoms with Crippen LogP contribution in [0.1, 0.15) is 33.3 Å². The fraction of sp³-hybridized carbons (Fsp3) is 0.533. The van der Waals surface area contributed by atoms with Crippen molar-refractivity contribution in [1.82, 2.24) is 8.61 Å². The molecule has 0 saturated heterocycles. The summed E-state index contributed by atoms with van der Waals surface area (Å²) in [6.45, 7) is 10.9. The van der Waals surface area contributed by atoms with Gasteiger partial charge in [0.15, 0.2) is 0 Å². The Balaban J connectivity index is 2.69. The van der Waals surface area contributed by atoms with E-state index in [1.807, 2.05) is 29.8 Å². The Morgan fingerprint density at radius 2 is 1.80 bits per heavy atom. The van der Waals surface area contributed by atoms with Crippen LogP contribution < -0.4 is 0 Å². The molecular formula is C15H24BrN3S. The van der Waals surface area contributed by atoms with Crippen LogP contribution in [0.2, 0.25) is 0 Å². The first-order chi connectivity index (χ1) is 9.31. The minimum absolute atomic E-state index is 0.491. The molecule has 3 nitrogen and oxygen atoms in total. The predicted octanol–water partition coefficient (Wildman–Crippen LogP) is 5.03. The molecule has 0 atom stereocenters. The van der Waals surface area contributed by atoms with Crippen LogP contribution >= 0.6 is 28.1 Å². The first-order valence-corrected chi connectivity index (χ1v) is 8.33. The van der Waals surface area contributed by atoms with E-state index in [2.05, 4.69) is 65.9 Å². The number of aliphatic imine (C=N–C) groups is 1. The van der Waals surface area contributed by atoms with Crippen LogP contribution in [0.3, 0.4) is 0 Å². The largest absolute Gasteiger partial charge is 0.297 e. The number of rotatable bonds is 6. The van der Waals surface area contributed by atoms with Crippen molar-refractivity contribution in [3.8, 4) is 0 Å². The molecule has 1 rings (SSSR count). The third-order valence-electron chi connectivity index (χ3n) is 2.76. The minimum Gasteiger partial charge on any atom is -0.297 e. The third-order valence-corrected chi connectivity index (χ3v) is 4.64. The second-order valence-corrected chi connectivity index (χ2v) is 7.43. The van der Waals surface area contributed by atoms with Crippen molar-refractivity contribution in [2.75, 3.05) is 7.05 Å². The lowest BCUT2D eigenvalue weighted by molar-refractivity contribution is 0.329. The first-order valence-electron chi connectivity index (χ1n) is 6.81. The van der Waals surface area contributed by atoms with Crippen molar-refractivity contribution in [1.29, 1.82) is 0 Å². The second-order valence-electron chi connectivity index (χ2n) is 5.35. The zero-order chi connectivity index (χ0) is 15.3. The summed E-state index contributed by atoms with van der Waals surface area (Å²) in [6, 6.07) is 7.10. The van der Waals surface area contributed by atoms with Crippen LogP contribution in [0.5, 0.6) is 0 Å². The molecule has 0 bridgehead atoms. The van der Waals surface area contributed by atoms with Crippen molar-refractivity contribution >= 4 is 40.1 Å². The fourth-order valence-electron chi connectivity index (χ4n) is 1.86. The zero-order valence-electron chi connectivity index (χ0n) is 13.1. The molecule has 0 heterocycles. The number of halogens is 1. The smallest absolute Gasteiger partial charge is 0.102 e. The molecule has 0 saturated carbocycles. The van der Waals surface area contributed by atoms with E-state index in [0.717, 1.165) is 10.2 Å². The van der Waals surface area contributed by atoms with Gasteiger partial charge in [0.25, 0.3) is 0 Å². The van der Waals surface area contributed by atoms with Crippen molar-refractivity contribution < 1.29 is 0 Å². The van der Waals surface area contributed by atoms with E-state index in [-0.39, 0.29) is 0 Å². The summed E-state index contributed by atoms with van der Waals surface area (Å²) in [6.07, 6.45) is 1.87. The maximum Gasteiger partial charge on any atom is 0.102 e. The molecule has 0 aliphatic rings. The van der Waals surface area contributed by atoms with Gasteiger partial charge < -0.3 is 0 Å². The molecule has 0 fully saturated rings. The Hall–Kier alpha value is -0.520. The second kappa shape index (κ2) is 8.05. The van der Waals surface area contributed by atoms with Gasteiger partial charge in [0.1, 0.15) is 6.34 Å². The number of hydrogen-bond acceptors (Lipinski definition) is 3. The summed E-state index contributed by atoms with van der Waals surface area (Å²) in [5.41, 5.74) is 2.17. The molecule has 0 radical (unpaired) electrons. The minimum atomic E-state index is 0.491. The van der Waals surface area contributed by atoms with Crippen molar-refractivity contribution in [3.05, 3.63) is 28.2 Å². The summed E-state index contributed by atoms with van der Waals surface area (Å²) in [5.74, 6) is 0. The summed E-state index contributed by atoms with van der Waals surface area (Å²) < 4.78 is 5.48. The SMILES string of the molecule is Cc1cc(Br)ccc1N=CN(C)SN(C(C)C)C(C)C. The molecule has 112 valence electrons. The molecule has 0 aromatic heterocycles. The van der Waals surface area contributed by atoms with E-state index in [9.17, 15) is 0 Å². The molecule has 0 spiro atoms. The average molecular weight is 358 g/mol. The lowest BCUT2D eigenvalue weighted by Gasteiger charge is -2.31.